The van der Waals surface area contributed by atoms with Gasteiger partial charge in [0.05, 0.1) is 11.6 Å². The van der Waals surface area contributed by atoms with E-state index in [4.69, 9.17) is 4.74 Å². The lowest BCUT2D eigenvalue weighted by molar-refractivity contribution is -0.132. The van der Waals surface area contributed by atoms with Crippen molar-refractivity contribution in [2.75, 3.05) is 4.90 Å². The number of aromatic nitrogens is 1. The van der Waals surface area contributed by atoms with Gasteiger partial charge in [0, 0.05) is 21.6 Å². The SMILES string of the molecule is Cc1ccccc1COc1ccc(C(O)=C2C(=O)C(=O)N(c3nccs3)C2c2ccc(Br)cc2)cc1. The van der Waals surface area contributed by atoms with Gasteiger partial charge in [0.1, 0.15) is 18.1 Å². The quantitative estimate of drug-likeness (QED) is 0.167. The summed E-state index contributed by atoms with van der Waals surface area (Å²) >= 11 is 4.67. The second kappa shape index (κ2) is 10.1. The van der Waals surface area contributed by atoms with Gasteiger partial charge in [-0.05, 0) is 60.0 Å². The number of rotatable bonds is 6. The standard InChI is InChI=1S/C28H21BrN2O4S/c1-17-4-2-3-5-20(17)16-35-22-12-8-19(9-13-22)25(32)23-24(18-6-10-21(29)11-7-18)31(27(34)26(23)33)28-30-14-15-36-28/h2-15,24,32H,16H2,1H3. The molecule has 1 fully saturated rings. The molecule has 36 heavy (non-hydrogen) atoms. The second-order valence-corrected chi connectivity index (χ2v) is 10.1. The Labute approximate surface area is 220 Å². The third-order valence-electron chi connectivity index (χ3n) is 6.04. The molecule has 1 N–H and O–H groups in total. The van der Waals surface area contributed by atoms with Crippen LogP contribution in [-0.4, -0.2) is 21.8 Å². The predicted molar refractivity (Wildman–Crippen MR) is 143 cm³/mol. The van der Waals surface area contributed by atoms with Gasteiger partial charge in [-0.25, -0.2) is 4.98 Å². The molecule has 4 aromatic rings. The van der Waals surface area contributed by atoms with Gasteiger partial charge in [0.2, 0.25) is 0 Å². The first-order chi connectivity index (χ1) is 17.4. The highest BCUT2D eigenvalue weighted by molar-refractivity contribution is 9.10. The van der Waals surface area contributed by atoms with E-state index < -0.39 is 17.7 Å². The van der Waals surface area contributed by atoms with Gasteiger partial charge in [-0.15, -0.1) is 11.3 Å². The van der Waals surface area contributed by atoms with Gasteiger partial charge in [-0.3, -0.25) is 14.5 Å². The Kier molecular flexibility index (Phi) is 6.71. The van der Waals surface area contributed by atoms with Gasteiger partial charge in [-0.2, -0.15) is 0 Å². The fourth-order valence-corrected chi connectivity index (χ4v) is 5.05. The maximum absolute atomic E-state index is 13.2. The summed E-state index contributed by atoms with van der Waals surface area (Å²) in [5, 5.41) is 13.4. The summed E-state index contributed by atoms with van der Waals surface area (Å²) in [6.45, 7) is 2.45. The molecule has 0 bridgehead atoms. The third kappa shape index (κ3) is 4.57. The molecule has 0 aliphatic carbocycles. The van der Waals surface area contributed by atoms with Crippen LogP contribution < -0.4 is 9.64 Å². The number of carbonyl (C=O) groups excluding carboxylic acids is 2. The van der Waals surface area contributed by atoms with Gasteiger partial charge >= 0.3 is 5.91 Å². The highest BCUT2D eigenvalue weighted by Crippen LogP contribution is 2.43. The van der Waals surface area contributed by atoms with E-state index in [-0.39, 0.29) is 11.3 Å². The first kappa shape index (κ1) is 24.0. The van der Waals surface area contributed by atoms with E-state index in [0.717, 1.165) is 15.6 Å². The first-order valence-electron chi connectivity index (χ1n) is 11.2. The van der Waals surface area contributed by atoms with Crippen LogP contribution in [0.5, 0.6) is 5.75 Å². The molecule has 0 radical (unpaired) electrons. The molecule has 0 spiro atoms. The van der Waals surface area contributed by atoms with Crippen LogP contribution in [0.1, 0.15) is 28.3 Å². The number of aliphatic hydroxyl groups excluding tert-OH is 1. The highest BCUT2D eigenvalue weighted by Gasteiger charge is 2.47. The average Bonchev–Trinajstić information content (AvgIpc) is 3.51. The number of aryl methyl sites for hydroxylation is 1. The lowest BCUT2D eigenvalue weighted by atomic mass is 9.95. The highest BCUT2D eigenvalue weighted by atomic mass is 79.9. The van der Waals surface area contributed by atoms with Crippen molar-refractivity contribution in [2.45, 2.75) is 19.6 Å². The molecule has 1 atom stereocenters. The molecule has 180 valence electrons. The number of nitrogens with zero attached hydrogens (tertiary/aromatic N) is 2. The largest absolute Gasteiger partial charge is 0.507 e. The Bertz CT molecular complexity index is 1450. The monoisotopic (exact) mass is 560 g/mol. The van der Waals surface area contributed by atoms with Crippen LogP contribution in [0.25, 0.3) is 5.76 Å². The zero-order valence-corrected chi connectivity index (χ0v) is 21.6. The molecule has 8 heteroatoms. The number of Topliss-reactive ketones (excluding diaryl/α,β-unsaturated/α-hetero) is 1. The summed E-state index contributed by atoms with van der Waals surface area (Å²) in [5.41, 5.74) is 3.35. The van der Waals surface area contributed by atoms with Crippen molar-refractivity contribution in [1.82, 2.24) is 4.98 Å². The van der Waals surface area contributed by atoms with E-state index in [1.54, 1.807) is 35.8 Å². The minimum atomic E-state index is -0.804. The molecule has 1 saturated heterocycles. The van der Waals surface area contributed by atoms with E-state index in [1.165, 1.54) is 16.2 Å². The fraction of sp³-hybridized carbons (Fsp3) is 0.107. The molecule has 1 unspecified atom stereocenters. The molecule has 2 heterocycles. The fourth-order valence-electron chi connectivity index (χ4n) is 4.12. The van der Waals surface area contributed by atoms with Crippen LogP contribution in [0.2, 0.25) is 0 Å². The van der Waals surface area contributed by atoms with Crippen LogP contribution in [-0.2, 0) is 16.2 Å². The van der Waals surface area contributed by atoms with Gasteiger partial charge < -0.3 is 9.84 Å². The second-order valence-electron chi connectivity index (χ2n) is 8.27. The predicted octanol–water partition coefficient (Wildman–Crippen LogP) is 6.42. The third-order valence-corrected chi connectivity index (χ3v) is 7.34. The van der Waals surface area contributed by atoms with Crippen LogP contribution in [0.3, 0.4) is 0 Å². The Morgan fingerprint density at radius 2 is 1.78 bits per heavy atom. The van der Waals surface area contributed by atoms with E-state index in [9.17, 15) is 14.7 Å². The Morgan fingerprint density at radius 3 is 2.44 bits per heavy atom. The summed E-state index contributed by atoms with van der Waals surface area (Å²) in [4.78, 5) is 31.8. The number of carbonyl (C=O) groups is 2. The van der Waals surface area contributed by atoms with Crippen molar-refractivity contribution in [3.8, 4) is 5.75 Å². The van der Waals surface area contributed by atoms with Crippen LogP contribution in [0, 0.1) is 6.92 Å². The molecular weight excluding hydrogens is 540 g/mol. The number of benzene rings is 3. The lowest BCUT2D eigenvalue weighted by Crippen LogP contribution is -2.29. The first-order valence-corrected chi connectivity index (χ1v) is 12.8. The zero-order valence-electron chi connectivity index (χ0n) is 19.2. The van der Waals surface area contributed by atoms with Crippen molar-refractivity contribution < 1.29 is 19.4 Å². The summed E-state index contributed by atoms with van der Waals surface area (Å²) in [5.74, 6) is -1.10. The molecule has 1 aromatic heterocycles. The number of aliphatic hydroxyl groups is 1. The number of ether oxygens (including phenoxy) is 1. The number of ketones is 1. The number of halogens is 1. The normalized spacial score (nSPS) is 16.9. The molecule has 1 aliphatic rings. The van der Waals surface area contributed by atoms with E-state index in [1.807, 2.05) is 55.5 Å². The van der Waals surface area contributed by atoms with Crippen molar-refractivity contribution in [3.63, 3.8) is 0 Å². The molecule has 3 aromatic carbocycles. The summed E-state index contributed by atoms with van der Waals surface area (Å²) < 4.78 is 6.76. The van der Waals surface area contributed by atoms with Gasteiger partial charge in [0.15, 0.2) is 5.13 Å². The number of hydrogen-bond donors (Lipinski definition) is 1. The number of thiazole rings is 1. The van der Waals surface area contributed by atoms with E-state index in [2.05, 4.69) is 20.9 Å². The summed E-state index contributed by atoms with van der Waals surface area (Å²) in [7, 11) is 0. The maximum atomic E-state index is 13.2. The lowest BCUT2D eigenvalue weighted by Gasteiger charge is -2.23. The number of amides is 1. The smallest absolute Gasteiger partial charge is 0.301 e. The minimum absolute atomic E-state index is 0.0195. The summed E-state index contributed by atoms with van der Waals surface area (Å²) in [6, 6.07) is 21.3. The van der Waals surface area contributed by atoms with Crippen molar-refractivity contribution >= 4 is 49.8 Å². The van der Waals surface area contributed by atoms with Crippen LogP contribution >= 0.6 is 27.3 Å². The van der Waals surface area contributed by atoms with Crippen LogP contribution in [0.4, 0.5) is 5.13 Å². The maximum Gasteiger partial charge on any atom is 0.301 e. The molecule has 0 saturated carbocycles. The van der Waals surface area contributed by atoms with Crippen molar-refractivity contribution in [2.24, 2.45) is 0 Å². The molecule has 1 aliphatic heterocycles. The van der Waals surface area contributed by atoms with E-state index in [0.29, 0.717) is 28.6 Å². The van der Waals surface area contributed by atoms with Gasteiger partial charge in [0.25, 0.3) is 5.78 Å². The van der Waals surface area contributed by atoms with Crippen LogP contribution in [0.15, 0.2) is 94.4 Å². The zero-order chi connectivity index (χ0) is 25.2. The summed E-state index contributed by atoms with van der Waals surface area (Å²) in [6.07, 6.45) is 1.58. The Morgan fingerprint density at radius 1 is 1.06 bits per heavy atom. The molecule has 1 amide bonds. The topological polar surface area (TPSA) is 79.7 Å². The molecule has 6 nitrogen and oxygen atoms in total. The molecular formula is C28H21BrN2O4S. The van der Waals surface area contributed by atoms with E-state index >= 15 is 0 Å². The van der Waals surface area contributed by atoms with Crippen molar-refractivity contribution in [3.05, 3.63) is 117 Å². The number of hydrogen-bond acceptors (Lipinski definition) is 6. The Balaban J connectivity index is 1.49. The Hall–Kier alpha value is -3.75. The molecule has 5 rings (SSSR count). The van der Waals surface area contributed by atoms with Crippen molar-refractivity contribution in [1.29, 1.82) is 0 Å². The number of anilines is 1. The average molecular weight is 561 g/mol. The minimum Gasteiger partial charge on any atom is -0.507 e. The van der Waals surface area contributed by atoms with Gasteiger partial charge in [-0.1, -0.05) is 52.3 Å².